The predicted octanol–water partition coefficient (Wildman–Crippen LogP) is 1.25. The molecule has 0 aromatic carbocycles. The van der Waals surface area contributed by atoms with E-state index in [9.17, 15) is 0 Å². The van der Waals surface area contributed by atoms with Crippen LogP contribution < -0.4 is 11.1 Å². The van der Waals surface area contributed by atoms with Crippen molar-refractivity contribution in [1.29, 1.82) is 0 Å². The number of nitrogens with zero attached hydrogens (tertiary/aromatic N) is 1. The molecule has 12 heavy (non-hydrogen) atoms. The number of hydrogen-bond acceptors (Lipinski definition) is 3. The van der Waals surface area contributed by atoms with E-state index in [1.165, 1.54) is 0 Å². The molecule has 3 N–H and O–H groups in total. The van der Waals surface area contributed by atoms with Gasteiger partial charge in [0.1, 0.15) is 5.82 Å². The highest BCUT2D eigenvalue weighted by atomic mass is 14.9. The fraction of sp³-hybridized carbons (Fsp3) is 0.444. The normalized spacial score (nSPS) is 12.9. The molecule has 1 aromatic rings. The van der Waals surface area contributed by atoms with Crippen molar-refractivity contribution in [2.45, 2.75) is 19.9 Å². The predicted molar refractivity (Wildman–Crippen MR) is 50.9 cm³/mol. The zero-order valence-corrected chi connectivity index (χ0v) is 7.76. The Labute approximate surface area is 73.0 Å². The Bertz CT molecular complexity index is 270. The molecule has 0 saturated heterocycles. The van der Waals surface area contributed by atoms with Crippen molar-refractivity contribution in [3.8, 4) is 0 Å². The Morgan fingerprint density at radius 3 is 2.83 bits per heavy atom. The molecule has 0 aliphatic heterocycles. The minimum atomic E-state index is 0.261. The number of aromatic nitrogens is 1. The molecule has 0 amide bonds. The maximum absolute atomic E-state index is 5.71. The van der Waals surface area contributed by atoms with E-state index in [1.54, 1.807) is 6.20 Å². The lowest BCUT2D eigenvalue weighted by molar-refractivity contribution is 0.651. The van der Waals surface area contributed by atoms with Crippen LogP contribution >= 0.6 is 0 Å². The van der Waals surface area contributed by atoms with E-state index in [0.717, 1.165) is 11.1 Å². The Morgan fingerprint density at radius 1 is 1.58 bits per heavy atom. The molecule has 66 valence electrons. The molecule has 0 spiro atoms. The Kier molecular flexibility index (Phi) is 2.65. The van der Waals surface area contributed by atoms with Crippen LogP contribution in [0.15, 0.2) is 12.3 Å². The maximum atomic E-state index is 5.71. The van der Waals surface area contributed by atoms with Gasteiger partial charge in [0.05, 0.1) is 0 Å². The van der Waals surface area contributed by atoms with Crippen molar-refractivity contribution in [2.75, 3.05) is 12.8 Å². The van der Waals surface area contributed by atoms with E-state index in [2.05, 4.69) is 23.3 Å². The third-order valence-electron chi connectivity index (χ3n) is 1.99. The van der Waals surface area contributed by atoms with Crippen LogP contribution in [0, 0.1) is 6.92 Å². The quantitative estimate of drug-likeness (QED) is 0.693. The Morgan fingerprint density at radius 2 is 2.25 bits per heavy atom. The summed E-state index contributed by atoms with van der Waals surface area (Å²) in [6.07, 6.45) is 1.78. The van der Waals surface area contributed by atoms with E-state index < -0.39 is 0 Å². The van der Waals surface area contributed by atoms with Crippen molar-refractivity contribution in [1.82, 2.24) is 10.3 Å². The number of aryl methyl sites for hydroxylation is 1. The zero-order valence-electron chi connectivity index (χ0n) is 7.76. The van der Waals surface area contributed by atoms with Gasteiger partial charge in [-0.3, -0.25) is 0 Å². The first-order chi connectivity index (χ1) is 5.65. The second kappa shape index (κ2) is 3.54. The second-order valence-corrected chi connectivity index (χ2v) is 3.00. The fourth-order valence-corrected chi connectivity index (χ4v) is 1.10. The van der Waals surface area contributed by atoms with Crippen molar-refractivity contribution >= 4 is 5.82 Å². The number of nitrogens with one attached hydrogen (secondary N) is 1. The molecule has 1 rings (SSSR count). The summed E-state index contributed by atoms with van der Waals surface area (Å²) in [4.78, 5) is 4.09. The summed E-state index contributed by atoms with van der Waals surface area (Å²) in [6, 6.07) is 2.32. The van der Waals surface area contributed by atoms with E-state index in [4.69, 9.17) is 5.73 Å². The third-order valence-corrected chi connectivity index (χ3v) is 1.99. The lowest BCUT2D eigenvalue weighted by atomic mass is 10.1. The molecular weight excluding hydrogens is 150 g/mol. The van der Waals surface area contributed by atoms with Crippen LogP contribution in [0.25, 0.3) is 0 Å². The van der Waals surface area contributed by atoms with Crippen molar-refractivity contribution < 1.29 is 0 Å². The minimum absolute atomic E-state index is 0.261. The van der Waals surface area contributed by atoms with Crippen LogP contribution in [0.4, 0.5) is 5.82 Å². The molecule has 0 bridgehead atoms. The van der Waals surface area contributed by atoms with Gasteiger partial charge in [-0.05, 0) is 32.5 Å². The molecule has 3 nitrogen and oxygen atoms in total. The smallest absolute Gasteiger partial charge is 0.128 e. The summed E-state index contributed by atoms with van der Waals surface area (Å²) < 4.78 is 0. The molecule has 0 unspecified atom stereocenters. The molecule has 1 aromatic heterocycles. The fourth-order valence-electron chi connectivity index (χ4n) is 1.10. The Balaban J connectivity index is 3.04. The number of rotatable bonds is 2. The second-order valence-electron chi connectivity index (χ2n) is 3.00. The molecule has 0 radical (unpaired) electrons. The molecule has 0 fully saturated rings. The number of nitrogen functional groups attached to an aromatic ring is 1. The highest BCUT2D eigenvalue weighted by Gasteiger charge is 2.06. The Hall–Kier alpha value is -1.09. The molecule has 3 heteroatoms. The van der Waals surface area contributed by atoms with Gasteiger partial charge in [-0.2, -0.15) is 0 Å². The summed E-state index contributed by atoms with van der Waals surface area (Å²) in [7, 11) is 1.91. The SMILES string of the molecule is CN[C@H](C)c1cc(C)cnc1N. The van der Waals surface area contributed by atoms with Crippen LogP contribution in [-0.4, -0.2) is 12.0 Å². The first kappa shape index (κ1) is 9.00. The molecule has 1 heterocycles. The summed E-state index contributed by atoms with van der Waals surface area (Å²) >= 11 is 0. The first-order valence-corrected chi connectivity index (χ1v) is 4.04. The van der Waals surface area contributed by atoms with Crippen molar-refractivity contribution in [3.63, 3.8) is 0 Å². The monoisotopic (exact) mass is 165 g/mol. The van der Waals surface area contributed by atoms with Gasteiger partial charge in [-0.1, -0.05) is 0 Å². The highest BCUT2D eigenvalue weighted by Crippen LogP contribution is 2.18. The van der Waals surface area contributed by atoms with Gasteiger partial charge in [0.2, 0.25) is 0 Å². The summed E-state index contributed by atoms with van der Waals surface area (Å²) in [5, 5.41) is 3.13. The lowest BCUT2D eigenvalue weighted by Gasteiger charge is -2.12. The van der Waals surface area contributed by atoms with Gasteiger partial charge in [-0.25, -0.2) is 4.98 Å². The van der Waals surface area contributed by atoms with Gasteiger partial charge >= 0.3 is 0 Å². The van der Waals surface area contributed by atoms with Crippen LogP contribution in [0.1, 0.15) is 24.1 Å². The van der Waals surface area contributed by atoms with Crippen LogP contribution in [0.2, 0.25) is 0 Å². The van der Waals surface area contributed by atoms with E-state index >= 15 is 0 Å². The number of pyridine rings is 1. The minimum Gasteiger partial charge on any atom is -0.383 e. The summed E-state index contributed by atoms with van der Waals surface area (Å²) in [5.74, 6) is 0.613. The van der Waals surface area contributed by atoms with Crippen LogP contribution in [0.5, 0.6) is 0 Å². The first-order valence-electron chi connectivity index (χ1n) is 4.04. The number of nitrogens with two attached hydrogens (primary N) is 1. The average molecular weight is 165 g/mol. The molecule has 0 saturated carbocycles. The molecule has 0 aliphatic rings. The standard InChI is InChI=1S/C9H15N3/c1-6-4-8(7(2)11-3)9(10)12-5-6/h4-5,7,11H,1-3H3,(H2,10,12)/t7-/m1/s1. The van der Waals surface area contributed by atoms with E-state index in [0.29, 0.717) is 5.82 Å². The van der Waals surface area contributed by atoms with Gasteiger partial charge in [0.15, 0.2) is 0 Å². The zero-order chi connectivity index (χ0) is 9.14. The maximum Gasteiger partial charge on any atom is 0.128 e. The van der Waals surface area contributed by atoms with E-state index in [-0.39, 0.29) is 6.04 Å². The van der Waals surface area contributed by atoms with Gasteiger partial charge in [0.25, 0.3) is 0 Å². The number of hydrogen-bond donors (Lipinski definition) is 2. The van der Waals surface area contributed by atoms with Crippen molar-refractivity contribution in [3.05, 3.63) is 23.4 Å². The average Bonchev–Trinajstić information content (AvgIpc) is 2.08. The van der Waals surface area contributed by atoms with Crippen molar-refractivity contribution in [2.24, 2.45) is 0 Å². The highest BCUT2D eigenvalue weighted by molar-refractivity contribution is 5.42. The third kappa shape index (κ3) is 1.74. The topological polar surface area (TPSA) is 50.9 Å². The number of anilines is 1. The molecule has 0 aliphatic carbocycles. The molecular formula is C9H15N3. The van der Waals surface area contributed by atoms with Crippen LogP contribution in [0.3, 0.4) is 0 Å². The van der Waals surface area contributed by atoms with Crippen LogP contribution in [-0.2, 0) is 0 Å². The van der Waals surface area contributed by atoms with Gasteiger partial charge < -0.3 is 11.1 Å². The van der Waals surface area contributed by atoms with E-state index in [1.807, 2.05) is 14.0 Å². The van der Waals surface area contributed by atoms with Gasteiger partial charge in [0, 0.05) is 17.8 Å². The summed E-state index contributed by atoms with van der Waals surface area (Å²) in [5.41, 5.74) is 7.92. The lowest BCUT2D eigenvalue weighted by Crippen LogP contribution is -2.14. The molecule has 1 atom stereocenters. The van der Waals surface area contributed by atoms with Gasteiger partial charge in [-0.15, -0.1) is 0 Å². The largest absolute Gasteiger partial charge is 0.383 e. The summed E-state index contributed by atoms with van der Waals surface area (Å²) in [6.45, 7) is 4.07.